The highest BCUT2D eigenvalue weighted by atomic mass is 32.1. The Kier molecular flexibility index (Phi) is 20.3. The molecule has 672 valence electrons. The summed E-state index contributed by atoms with van der Waals surface area (Å²) in [5, 5.41) is 17.4. The Morgan fingerprint density at radius 2 is 0.451 bits per heavy atom. The van der Waals surface area contributed by atoms with Crippen LogP contribution in [-0.4, -0.2) is 29.9 Å². The Morgan fingerprint density at radius 1 is 0.153 bits per heavy atom. The molecule has 12 heteroatoms. The maximum Gasteiger partial charge on any atom is 0.161 e. The Bertz CT molecular complexity index is 10400. The summed E-state index contributed by atoms with van der Waals surface area (Å²) in [6, 6.07) is 167. The van der Waals surface area contributed by atoms with Crippen LogP contribution >= 0.6 is 34.0 Å². The normalized spacial score (nSPS) is 11.8. The molecule has 30 aromatic rings. The van der Waals surface area contributed by atoms with Crippen LogP contribution < -0.4 is 0 Å². The third-order valence-corrected chi connectivity index (χ3v) is 31.3. The van der Waals surface area contributed by atoms with Crippen LogP contribution in [0.15, 0.2) is 486 Å². The lowest BCUT2D eigenvalue weighted by Gasteiger charge is -2.09. The minimum Gasteiger partial charge on any atom is -0.456 e. The summed E-state index contributed by atoms with van der Waals surface area (Å²) in [6.07, 6.45) is 0. The molecule has 9 heterocycles. The van der Waals surface area contributed by atoms with Crippen LogP contribution in [0.3, 0.4) is 0 Å². The fourth-order valence-electron chi connectivity index (χ4n) is 20.7. The molecule has 0 radical (unpaired) electrons. The molecule has 21 aromatic carbocycles. The second kappa shape index (κ2) is 34.9. The zero-order valence-corrected chi connectivity index (χ0v) is 79.6. The average Bonchev–Trinajstić information content (AvgIpc) is 1.59. The molecule has 9 nitrogen and oxygen atoms in total. The van der Waals surface area contributed by atoms with E-state index in [0.29, 0.717) is 11.6 Å². The van der Waals surface area contributed by atoms with Gasteiger partial charge in [0, 0.05) is 96.0 Å². The fraction of sp³-hybridized carbons (Fsp3) is 0. The van der Waals surface area contributed by atoms with Crippen LogP contribution in [0.1, 0.15) is 0 Å². The molecular formula is C132H78N6O3S3. The number of aromatic nitrogens is 6. The fourth-order valence-corrected chi connectivity index (χ4v) is 24.3. The van der Waals surface area contributed by atoms with E-state index in [1.54, 1.807) is 34.0 Å². The minimum atomic E-state index is 0.695. The van der Waals surface area contributed by atoms with Gasteiger partial charge >= 0.3 is 0 Å². The first-order chi connectivity index (χ1) is 71.3. The predicted octanol–water partition coefficient (Wildman–Crippen LogP) is 37.7. The van der Waals surface area contributed by atoms with Gasteiger partial charge in [-0.05, 0) is 184 Å². The van der Waals surface area contributed by atoms with Crippen molar-refractivity contribution in [1.29, 1.82) is 0 Å². The number of thiophene rings is 3. The van der Waals surface area contributed by atoms with Crippen LogP contribution in [0.25, 0.3) is 294 Å². The first kappa shape index (κ1) is 83.8. The zero-order chi connectivity index (χ0) is 94.8. The summed E-state index contributed by atoms with van der Waals surface area (Å²) >= 11 is 5.28. The molecule has 144 heavy (non-hydrogen) atoms. The highest BCUT2D eigenvalue weighted by Crippen LogP contribution is 2.50. The number of fused-ring (bicyclic) bond motifs is 21. The van der Waals surface area contributed by atoms with Gasteiger partial charge in [0.25, 0.3) is 0 Å². The van der Waals surface area contributed by atoms with E-state index in [4.69, 9.17) is 43.2 Å². The largest absolute Gasteiger partial charge is 0.456 e. The van der Waals surface area contributed by atoms with E-state index in [9.17, 15) is 0 Å². The first-order valence-corrected chi connectivity index (χ1v) is 50.6. The van der Waals surface area contributed by atoms with Gasteiger partial charge in [0.2, 0.25) is 0 Å². The van der Waals surface area contributed by atoms with Crippen LogP contribution in [0.4, 0.5) is 0 Å². The second-order valence-electron chi connectivity index (χ2n) is 36.5. The van der Waals surface area contributed by atoms with Gasteiger partial charge in [-0.3, -0.25) is 0 Å². The maximum atomic E-state index is 6.32. The quantitative estimate of drug-likeness (QED) is 0.118. The van der Waals surface area contributed by atoms with Crippen molar-refractivity contribution in [3.63, 3.8) is 0 Å². The number of benzene rings is 21. The Labute approximate surface area is 837 Å². The standard InChI is InChI=1S/3C44H26N2OS/c1-2-10-30(11-3-1)44-45-41(29-20-17-28(18-21-29)32-22-19-27-9-4-5-12-31(27)25-32)43-42(46-44)36-24-23-33(26-39(36)48-43)34-14-8-16-38-40(34)35-13-6-7-15-37(35)47-38;1-2-9-27(10-3-1)32-19-22-37-40(26-32)48-43-41(33-20-21-36-35-15-6-7-16-38(35)47-39(36)25-33)45-44(46-42(37)43)34-14-8-13-30(24-34)31-18-17-28-11-4-5-12-29(28)23-31;1-2-9-27(10-3-1)29-17-20-30(21-18-29)41-43-42(46-44(45-41)36-14-8-16-38-40(36)34-13-6-7-15-37(34)47-38)35-24-23-33(26-39(35)48-43)32-22-19-28-11-4-5-12-31(28)25-32/h3*1-26H. The Morgan fingerprint density at radius 3 is 0.979 bits per heavy atom. The van der Waals surface area contributed by atoms with Crippen LogP contribution in [0, 0.1) is 0 Å². The van der Waals surface area contributed by atoms with E-state index >= 15 is 0 Å². The van der Waals surface area contributed by atoms with Gasteiger partial charge in [-0.25, -0.2) is 29.9 Å². The predicted molar refractivity (Wildman–Crippen MR) is 604 cm³/mol. The van der Waals surface area contributed by atoms with E-state index in [-0.39, 0.29) is 0 Å². The summed E-state index contributed by atoms with van der Waals surface area (Å²) in [4.78, 5) is 31.7. The van der Waals surface area contributed by atoms with Gasteiger partial charge in [0.1, 0.15) is 33.5 Å². The molecule has 0 saturated heterocycles. The van der Waals surface area contributed by atoms with Crippen molar-refractivity contribution in [1.82, 2.24) is 29.9 Å². The molecule has 0 aliphatic heterocycles. The van der Waals surface area contributed by atoms with Gasteiger partial charge in [-0.2, -0.15) is 0 Å². The van der Waals surface area contributed by atoms with Crippen molar-refractivity contribution in [3.05, 3.63) is 473 Å². The van der Waals surface area contributed by atoms with Gasteiger partial charge in [-0.15, -0.1) is 34.0 Å². The molecule has 0 aliphatic carbocycles. The van der Waals surface area contributed by atoms with Crippen molar-refractivity contribution in [2.45, 2.75) is 0 Å². The lowest BCUT2D eigenvalue weighted by atomic mass is 9.98. The molecule has 0 fully saturated rings. The molecule has 0 aliphatic rings. The lowest BCUT2D eigenvalue weighted by molar-refractivity contribution is 0.668. The molecule has 0 spiro atoms. The van der Waals surface area contributed by atoms with Gasteiger partial charge in [0.15, 0.2) is 17.5 Å². The molecule has 9 aromatic heterocycles. The molecule has 0 bridgehead atoms. The van der Waals surface area contributed by atoms with Crippen LogP contribution in [0.5, 0.6) is 0 Å². The smallest absolute Gasteiger partial charge is 0.161 e. The second-order valence-corrected chi connectivity index (χ2v) is 39.7. The number of hydrogen-bond acceptors (Lipinski definition) is 12. The summed E-state index contributed by atoms with van der Waals surface area (Å²) in [7, 11) is 0. The van der Waals surface area contributed by atoms with Gasteiger partial charge < -0.3 is 13.3 Å². The van der Waals surface area contributed by atoms with Crippen molar-refractivity contribution in [2.24, 2.45) is 0 Å². The number of rotatable bonds is 12. The Hall–Kier alpha value is -18.3. The molecule has 0 N–H and O–H groups in total. The highest BCUT2D eigenvalue weighted by Gasteiger charge is 2.26. The molecule has 30 rings (SSSR count). The van der Waals surface area contributed by atoms with Gasteiger partial charge in [0.05, 0.1) is 47.7 Å². The van der Waals surface area contributed by atoms with E-state index < -0.39 is 0 Å². The maximum absolute atomic E-state index is 6.32. The van der Waals surface area contributed by atoms with E-state index in [2.05, 4.69) is 400 Å². The molecular weight excluding hydrogens is 1810 g/mol. The first-order valence-electron chi connectivity index (χ1n) is 48.2. The lowest BCUT2D eigenvalue weighted by Crippen LogP contribution is -1.94. The zero-order valence-electron chi connectivity index (χ0n) is 77.2. The minimum absolute atomic E-state index is 0.695. The molecule has 0 amide bonds. The van der Waals surface area contributed by atoms with E-state index in [1.165, 1.54) is 96.5 Å². The van der Waals surface area contributed by atoms with Crippen molar-refractivity contribution in [3.8, 4) is 135 Å². The SMILES string of the molecule is c1ccc(-c2ccc(-c3nc(-c4cccc5oc6ccccc6c45)nc4c3sc3cc(-c5ccc6ccccc6c5)ccc34)cc2)cc1.c1ccc(-c2ccc3c(c2)sc2c(-c4ccc5c(c4)oc4ccccc45)nc(-c4cccc(-c5ccc6ccccc6c5)c4)nc23)cc1.c1ccc(-c2nc(-c3ccc(-c4ccc5ccccc5c4)cc3)c3sc4cc(-c5cccc6oc7ccccc7c56)ccc4c3n2)cc1. The summed E-state index contributed by atoms with van der Waals surface area (Å²) in [6.45, 7) is 0. The van der Waals surface area contributed by atoms with Crippen LogP contribution in [-0.2, 0) is 0 Å². The van der Waals surface area contributed by atoms with Crippen LogP contribution in [0.2, 0.25) is 0 Å². The molecule has 0 unspecified atom stereocenters. The number of para-hydroxylation sites is 3. The molecule has 0 saturated carbocycles. The molecule has 0 atom stereocenters. The van der Waals surface area contributed by atoms with Crippen molar-refractivity contribution >= 4 is 193 Å². The summed E-state index contributed by atoms with van der Waals surface area (Å²) < 4.78 is 25.6. The number of furan rings is 3. The summed E-state index contributed by atoms with van der Waals surface area (Å²) in [5.74, 6) is 2.13. The summed E-state index contributed by atoms with van der Waals surface area (Å²) in [5.41, 5.74) is 31.2. The highest BCUT2D eigenvalue weighted by molar-refractivity contribution is 7.27. The topological polar surface area (TPSA) is 117 Å². The third kappa shape index (κ3) is 15.0. The van der Waals surface area contributed by atoms with E-state index in [1.807, 2.05) is 72.8 Å². The van der Waals surface area contributed by atoms with Crippen molar-refractivity contribution in [2.75, 3.05) is 0 Å². The third-order valence-electron chi connectivity index (χ3n) is 27.9. The monoisotopic (exact) mass is 1890 g/mol. The van der Waals surface area contributed by atoms with Crippen molar-refractivity contribution < 1.29 is 13.3 Å². The van der Waals surface area contributed by atoms with E-state index in [0.717, 1.165) is 186 Å². The number of hydrogen-bond donors (Lipinski definition) is 0. The Balaban J connectivity index is 0.000000105. The average molecular weight is 1890 g/mol. The number of nitrogens with zero attached hydrogens (tertiary/aromatic N) is 6. The van der Waals surface area contributed by atoms with Gasteiger partial charge in [-0.1, -0.05) is 388 Å².